The van der Waals surface area contributed by atoms with Crippen LogP contribution in [0.15, 0.2) is 16.7 Å². The third-order valence-corrected chi connectivity index (χ3v) is 2.88. The lowest BCUT2D eigenvalue weighted by molar-refractivity contribution is 0.0689. The van der Waals surface area contributed by atoms with E-state index in [1.54, 1.807) is 12.1 Å². The molecule has 1 N–H and O–H groups in total. The number of hydrogen-bond donors (Lipinski definition) is 1. The van der Waals surface area contributed by atoms with Crippen molar-refractivity contribution in [1.82, 2.24) is 9.97 Å². The predicted octanol–water partition coefficient (Wildman–Crippen LogP) is 2.11. The summed E-state index contributed by atoms with van der Waals surface area (Å²) in [6.07, 6.45) is 0. The van der Waals surface area contributed by atoms with Crippen molar-refractivity contribution in [1.29, 1.82) is 0 Å². The van der Waals surface area contributed by atoms with E-state index in [4.69, 9.17) is 14.6 Å². The summed E-state index contributed by atoms with van der Waals surface area (Å²) in [5.74, 6) is -0.168. The number of carboxylic acids is 1. The second-order valence-corrected chi connectivity index (χ2v) is 4.12. The number of carboxylic acid groups (broad SMARTS) is 1. The summed E-state index contributed by atoms with van der Waals surface area (Å²) in [6.45, 7) is 0. The van der Waals surface area contributed by atoms with Gasteiger partial charge in [0.25, 0.3) is 0 Å². The van der Waals surface area contributed by atoms with E-state index in [9.17, 15) is 4.79 Å². The summed E-state index contributed by atoms with van der Waals surface area (Å²) < 4.78 is 10.4. The number of ether oxygens (including phenoxy) is 2. The summed E-state index contributed by atoms with van der Waals surface area (Å²) in [6, 6.07) is 3.22. The van der Waals surface area contributed by atoms with Crippen LogP contribution in [0.25, 0.3) is 11.0 Å². The zero-order chi connectivity index (χ0) is 13.3. The molecule has 2 aromatic rings. The van der Waals surface area contributed by atoms with Crippen LogP contribution >= 0.6 is 15.9 Å². The van der Waals surface area contributed by atoms with Crippen LogP contribution in [-0.4, -0.2) is 35.3 Å². The average molecular weight is 313 g/mol. The first kappa shape index (κ1) is 12.6. The highest BCUT2D eigenvalue weighted by molar-refractivity contribution is 9.10. The Kier molecular flexibility index (Phi) is 3.33. The molecule has 0 amide bonds. The zero-order valence-corrected chi connectivity index (χ0v) is 11.2. The molecule has 0 saturated heterocycles. The normalized spacial score (nSPS) is 10.4. The molecule has 0 spiro atoms. The van der Waals surface area contributed by atoms with Gasteiger partial charge in [-0.15, -0.1) is 0 Å². The molecular weight excluding hydrogens is 304 g/mol. The largest absolute Gasteiger partial charge is 0.493 e. The molecule has 1 aromatic carbocycles. The fraction of sp³-hybridized carbons (Fsp3) is 0.182. The van der Waals surface area contributed by atoms with Crippen LogP contribution in [0.4, 0.5) is 0 Å². The van der Waals surface area contributed by atoms with Crippen LogP contribution in [0.2, 0.25) is 0 Å². The number of carbonyl (C=O) groups is 1. The first-order chi connectivity index (χ1) is 8.56. The minimum absolute atomic E-state index is 0.144. The second kappa shape index (κ2) is 4.77. The highest BCUT2D eigenvalue weighted by Crippen LogP contribution is 2.31. The van der Waals surface area contributed by atoms with E-state index in [0.29, 0.717) is 22.5 Å². The molecule has 0 fully saturated rings. The van der Waals surface area contributed by atoms with Crippen LogP contribution in [0.1, 0.15) is 10.5 Å². The Morgan fingerprint density at radius 3 is 2.11 bits per heavy atom. The van der Waals surface area contributed by atoms with Crippen molar-refractivity contribution >= 4 is 32.9 Å². The number of methoxy groups -OCH3 is 2. The Labute approximate surface area is 111 Å². The molecular formula is C11H9BrN2O4. The number of aromatic carboxylic acids is 1. The molecule has 2 rings (SSSR count). The zero-order valence-electron chi connectivity index (χ0n) is 9.60. The Balaban J connectivity index is 2.73. The molecule has 0 aliphatic heterocycles. The van der Waals surface area contributed by atoms with Crippen molar-refractivity contribution in [2.45, 2.75) is 0 Å². The van der Waals surface area contributed by atoms with E-state index in [1.165, 1.54) is 14.2 Å². The Bertz CT molecular complexity index is 630. The first-order valence-electron chi connectivity index (χ1n) is 4.89. The van der Waals surface area contributed by atoms with Crippen LogP contribution in [-0.2, 0) is 0 Å². The molecule has 6 nitrogen and oxygen atoms in total. The van der Waals surface area contributed by atoms with Gasteiger partial charge in [0.1, 0.15) is 4.60 Å². The summed E-state index contributed by atoms with van der Waals surface area (Å²) in [5, 5.41) is 8.96. The van der Waals surface area contributed by atoms with Crippen molar-refractivity contribution in [3.05, 3.63) is 22.4 Å². The van der Waals surface area contributed by atoms with Gasteiger partial charge >= 0.3 is 5.97 Å². The molecule has 94 valence electrons. The number of hydrogen-bond acceptors (Lipinski definition) is 5. The lowest BCUT2D eigenvalue weighted by Gasteiger charge is -2.09. The van der Waals surface area contributed by atoms with Gasteiger partial charge in [-0.1, -0.05) is 0 Å². The lowest BCUT2D eigenvalue weighted by Crippen LogP contribution is -2.04. The summed E-state index contributed by atoms with van der Waals surface area (Å²) in [7, 11) is 3.01. The van der Waals surface area contributed by atoms with E-state index in [2.05, 4.69) is 25.9 Å². The van der Waals surface area contributed by atoms with Crippen LogP contribution in [0, 0.1) is 0 Å². The number of nitrogens with zero attached hydrogens (tertiary/aromatic N) is 2. The maximum absolute atomic E-state index is 11.0. The third kappa shape index (κ3) is 2.08. The molecule has 18 heavy (non-hydrogen) atoms. The van der Waals surface area contributed by atoms with Crippen LogP contribution in [0.5, 0.6) is 11.5 Å². The van der Waals surface area contributed by atoms with Crippen molar-refractivity contribution in [3.8, 4) is 11.5 Å². The third-order valence-electron chi connectivity index (χ3n) is 2.33. The maximum Gasteiger partial charge on any atom is 0.357 e. The van der Waals surface area contributed by atoms with Crippen molar-refractivity contribution < 1.29 is 19.4 Å². The van der Waals surface area contributed by atoms with Gasteiger partial charge < -0.3 is 14.6 Å². The molecule has 0 aliphatic carbocycles. The molecule has 0 aliphatic rings. The van der Waals surface area contributed by atoms with E-state index in [-0.39, 0.29) is 10.3 Å². The molecule has 7 heteroatoms. The van der Waals surface area contributed by atoms with E-state index >= 15 is 0 Å². The van der Waals surface area contributed by atoms with E-state index < -0.39 is 5.97 Å². The van der Waals surface area contributed by atoms with E-state index in [0.717, 1.165) is 0 Å². The SMILES string of the molecule is COc1cc2nc(Br)c(C(=O)O)nc2cc1OC. The minimum atomic E-state index is -1.15. The summed E-state index contributed by atoms with van der Waals surface area (Å²) in [4.78, 5) is 19.1. The van der Waals surface area contributed by atoms with Crippen molar-refractivity contribution in [2.75, 3.05) is 14.2 Å². The quantitative estimate of drug-likeness (QED) is 0.934. The highest BCUT2D eigenvalue weighted by atomic mass is 79.9. The smallest absolute Gasteiger partial charge is 0.357 e. The molecule has 0 saturated carbocycles. The van der Waals surface area contributed by atoms with Crippen LogP contribution in [0.3, 0.4) is 0 Å². The number of aromatic nitrogens is 2. The lowest BCUT2D eigenvalue weighted by atomic mass is 10.2. The van der Waals surface area contributed by atoms with Gasteiger partial charge in [0.2, 0.25) is 0 Å². The molecule has 0 radical (unpaired) electrons. The highest BCUT2D eigenvalue weighted by Gasteiger charge is 2.15. The second-order valence-electron chi connectivity index (χ2n) is 3.36. The fourth-order valence-electron chi connectivity index (χ4n) is 1.50. The fourth-order valence-corrected chi connectivity index (χ4v) is 1.95. The Hall–Kier alpha value is -1.89. The van der Waals surface area contributed by atoms with Gasteiger partial charge in [0.05, 0.1) is 25.3 Å². The summed E-state index contributed by atoms with van der Waals surface area (Å²) >= 11 is 3.07. The predicted molar refractivity (Wildman–Crippen MR) is 67.3 cm³/mol. The monoisotopic (exact) mass is 312 g/mol. The van der Waals surface area contributed by atoms with Gasteiger partial charge in [-0.25, -0.2) is 14.8 Å². The number of benzene rings is 1. The van der Waals surface area contributed by atoms with Gasteiger partial charge in [-0.05, 0) is 15.9 Å². The first-order valence-corrected chi connectivity index (χ1v) is 5.68. The van der Waals surface area contributed by atoms with Gasteiger partial charge in [0, 0.05) is 12.1 Å². The van der Waals surface area contributed by atoms with Gasteiger partial charge in [-0.3, -0.25) is 0 Å². The number of halogens is 1. The topological polar surface area (TPSA) is 81.5 Å². The molecule has 0 atom stereocenters. The molecule has 0 unspecified atom stereocenters. The Morgan fingerprint density at radius 2 is 1.67 bits per heavy atom. The standard InChI is InChI=1S/C11H9BrN2O4/c1-17-7-3-5-6(4-8(7)18-2)14-10(12)9(13-5)11(15)16/h3-4H,1-2H3,(H,15,16). The molecule has 1 aromatic heterocycles. The molecule has 1 heterocycles. The minimum Gasteiger partial charge on any atom is -0.493 e. The van der Waals surface area contributed by atoms with Gasteiger partial charge in [0.15, 0.2) is 17.2 Å². The van der Waals surface area contributed by atoms with Gasteiger partial charge in [-0.2, -0.15) is 0 Å². The van der Waals surface area contributed by atoms with Crippen molar-refractivity contribution in [3.63, 3.8) is 0 Å². The Morgan fingerprint density at radius 1 is 1.17 bits per heavy atom. The summed E-state index contributed by atoms with van der Waals surface area (Å²) in [5.41, 5.74) is 0.799. The van der Waals surface area contributed by atoms with Crippen LogP contribution < -0.4 is 9.47 Å². The van der Waals surface area contributed by atoms with Crippen molar-refractivity contribution in [2.24, 2.45) is 0 Å². The van der Waals surface area contributed by atoms with E-state index in [1.807, 2.05) is 0 Å². The number of rotatable bonds is 3. The maximum atomic E-state index is 11.0. The number of fused-ring (bicyclic) bond motifs is 1. The molecule has 0 bridgehead atoms. The average Bonchev–Trinajstić information content (AvgIpc) is 2.36.